The zero-order valence-electron chi connectivity index (χ0n) is 15.8. The zero-order chi connectivity index (χ0) is 18.9. The largest absolute Gasteiger partial charge is 0.349 e. The first kappa shape index (κ1) is 20.8. The van der Waals surface area contributed by atoms with E-state index in [0.717, 1.165) is 38.0 Å². The molecular weight excluding hydrogens is 336 g/mol. The van der Waals surface area contributed by atoms with Crippen LogP contribution in [-0.2, 0) is 11.2 Å². The summed E-state index contributed by atoms with van der Waals surface area (Å²) in [6.07, 6.45) is 0.972. The monoisotopic (exact) mass is 367 g/mol. The minimum atomic E-state index is -2.35. The number of likely N-dealkylation sites (tertiary alicyclic amines) is 1. The number of amides is 1. The molecule has 0 bridgehead atoms. The normalized spacial score (nSPS) is 17.4. The van der Waals surface area contributed by atoms with Crippen LogP contribution in [0.1, 0.15) is 31.2 Å². The molecule has 146 valence electrons. The van der Waals surface area contributed by atoms with Crippen molar-refractivity contribution in [2.24, 2.45) is 0 Å². The molecule has 1 atom stereocenters. The molecule has 0 aromatic heterocycles. The highest BCUT2D eigenvalue weighted by molar-refractivity contribution is 5.75. The van der Waals surface area contributed by atoms with Crippen LogP contribution in [0.5, 0.6) is 0 Å². The topological polar surface area (TPSA) is 35.6 Å². The van der Waals surface area contributed by atoms with Crippen LogP contribution in [0.15, 0.2) is 30.3 Å². The first-order chi connectivity index (χ1) is 12.5. The maximum absolute atomic E-state index is 13.4. The van der Waals surface area contributed by atoms with Gasteiger partial charge in [-0.25, -0.2) is 8.78 Å². The van der Waals surface area contributed by atoms with Crippen molar-refractivity contribution in [2.45, 2.75) is 50.6 Å². The van der Waals surface area contributed by atoms with E-state index in [1.165, 1.54) is 0 Å². The molecule has 4 nitrogen and oxygen atoms in total. The molecule has 1 N–H and O–H groups in total. The van der Waals surface area contributed by atoms with Crippen LogP contribution in [0, 0.1) is 0 Å². The highest BCUT2D eigenvalue weighted by Gasteiger charge is 2.26. The van der Waals surface area contributed by atoms with Crippen LogP contribution in [-0.4, -0.2) is 67.9 Å². The Kier molecular flexibility index (Phi) is 8.45. The van der Waals surface area contributed by atoms with Crippen molar-refractivity contribution in [3.63, 3.8) is 0 Å². The summed E-state index contributed by atoms with van der Waals surface area (Å²) in [5.74, 6) is 0.129. The number of aryl methyl sites for hydroxylation is 1. The summed E-state index contributed by atoms with van der Waals surface area (Å²) in [7, 11) is 3.52. The van der Waals surface area contributed by atoms with Gasteiger partial charge in [0.1, 0.15) is 0 Å². The minimum Gasteiger partial charge on any atom is -0.349 e. The highest BCUT2D eigenvalue weighted by atomic mass is 19.3. The molecule has 1 aromatic rings. The van der Waals surface area contributed by atoms with Crippen LogP contribution in [0.25, 0.3) is 0 Å². The van der Waals surface area contributed by atoms with Gasteiger partial charge in [-0.3, -0.25) is 4.79 Å². The quantitative estimate of drug-likeness (QED) is 0.729. The predicted molar refractivity (Wildman–Crippen MR) is 100 cm³/mol. The minimum absolute atomic E-state index is 0.129. The van der Waals surface area contributed by atoms with E-state index < -0.39 is 12.5 Å². The molecule has 6 heteroatoms. The van der Waals surface area contributed by atoms with E-state index in [2.05, 4.69) is 10.2 Å². The first-order valence-electron chi connectivity index (χ1n) is 9.46. The number of benzene rings is 1. The Labute approximate surface area is 155 Å². The second-order valence-electron chi connectivity index (χ2n) is 7.29. The van der Waals surface area contributed by atoms with Crippen molar-refractivity contribution in [3.8, 4) is 0 Å². The summed E-state index contributed by atoms with van der Waals surface area (Å²) in [6.45, 7) is 2.45. The van der Waals surface area contributed by atoms with Crippen molar-refractivity contribution in [2.75, 3.05) is 33.7 Å². The fourth-order valence-corrected chi connectivity index (χ4v) is 3.35. The summed E-state index contributed by atoms with van der Waals surface area (Å²) >= 11 is 0. The van der Waals surface area contributed by atoms with Gasteiger partial charge in [0.15, 0.2) is 0 Å². The fraction of sp³-hybridized carbons (Fsp3) is 0.650. The molecule has 1 aliphatic rings. The SMILES string of the molecule is CN(C)C(=O)CCN1CCC(N[C@@H](CCc2ccccc2)C(F)F)CC1. The maximum atomic E-state index is 13.4. The van der Waals surface area contributed by atoms with Gasteiger partial charge in [-0.05, 0) is 44.3 Å². The molecule has 1 saturated heterocycles. The lowest BCUT2D eigenvalue weighted by atomic mass is 10.0. The summed E-state index contributed by atoms with van der Waals surface area (Å²) in [5.41, 5.74) is 1.10. The first-order valence-corrected chi connectivity index (χ1v) is 9.46. The maximum Gasteiger partial charge on any atom is 0.253 e. The van der Waals surface area contributed by atoms with E-state index in [0.29, 0.717) is 19.3 Å². The molecule has 0 aliphatic carbocycles. The molecule has 1 amide bonds. The van der Waals surface area contributed by atoms with Gasteiger partial charge in [0, 0.05) is 33.1 Å². The molecule has 2 rings (SSSR count). The number of piperidine rings is 1. The summed E-state index contributed by atoms with van der Waals surface area (Å²) in [6, 6.07) is 9.15. The number of hydrogen-bond donors (Lipinski definition) is 1. The smallest absolute Gasteiger partial charge is 0.253 e. The number of carbonyl (C=O) groups is 1. The van der Waals surface area contributed by atoms with Crippen molar-refractivity contribution in [1.29, 1.82) is 0 Å². The van der Waals surface area contributed by atoms with E-state index in [4.69, 9.17) is 0 Å². The molecule has 0 saturated carbocycles. The molecule has 1 heterocycles. The number of hydrogen-bond acceptors (Lipinski definition) is 3. The second-order valence-corrected chi connectivity index (χ2v) is 7.29. The van der Waals surface area contributed by atoms with Crippen LogP contribution in [0.2, 0.25) is 0 Å². The lowest BCUT2D eigenvalue weighted by Crippen LogP contribution is -2.49. The van der Waals surface area contributed by atoms with Gasteiger partial charge in [0.05, 0.1) is 6.04 Å². The summed E-state index contributed by atoms with van der Waals surface area (Å²) in [4.78, 5) is 15.5. The van der Waals surface area contributed by atoms with E-state index in [1.54, 1.807) is 19.0 Å². The lowest BCUT2D eigenvalue weighted by molar-refractivity contribution is -0.129. The van der Waals surface area contributed by atoms with E-state index in [-0.39, 0.29) is 11.9 Å². The second kappa shape index (κ2) is 10.6. The van der Waals surface area contributed by atoms with Crippen molar-refractivity contribution < 1.29 is 13.6 Å². The molecule has 0 radical (unpaired) electrons. The Balaban J connectivity index is 1.72. The van der Waals surface area contributed by atoms with Crippen molar-refractivity contribution >= 4 is 5.91 Å². The molecule has 1 fully saturated rings. The van der Waals surface area contributed by atoms with Crippen LogP contribution in [0.3, 0.4) is 0 Å². The Morgan fingerprint density at radius 1 is 1.23 bits per heavy atom. The molecule has 1 aliphatic heterocycles. The number of carbonyl (C=O) groups excluding carboxylic acids is 1. The van der Waals surface area contributed by atoms with E-state index in [9.17, 15) is 13.6 Å². The van der Waals surface area contributed by atoms with Crippen LogP contribution < -0.4 is 5.32 Å². The Morgan fingerprint density at radius 2 is 1.88 bits per heavy atom. The van der Waals surface area contributed by atoms with Gasteiger partial charge in [-0.15, -0.1) is 0 Å². The lowest BCUT2D eigenvalue weighted by Gasteiger charge is -2.34. The zero-order valence-corrected chi connectivity index (χ0v) is 15.8. The third-order valence-corrected chi connectivity index (χ3v) is 5.07. The van der Waals surface area contributed by atoms with Crippen LogP contribution in [0.4, 0.5) is 8.78 Å². The van der Waals surface area contributed by atoms with Gasteiger partial charge in [-0.1, -0.05) is 30.3 Å². The Bertz CT molecular complexity index is 531. The number of halogens is 2. The van der Waals surface area contributed by atoms with Gasteiger partial charge in [-0.2, -0.15) is 0 Å². The third-order valence-electron chi connectivity index (χ3n) is 5.07. The van der Waals surface area contributed by atoms with Gasteiger partial charge >= 0.3 is 0 Å². The van der Waals surface area contributed by atoms with Crippen LogP contribution >= 0.6 is 0 Å². The molecule has 0 unspecified atom stereocenters. The van der Waals surface area contributed by atoms with E-state index >= 15 is 0 Å². The molecule has 26 heavy (non-hydrogen) atoms. The number of alkyl halides is 2. The van der Waals surface area contributed by atoms with Gasteiger partial charge < -0.3 is 15.1 Å². The van der Waals surface area contributed by atoms with Crippen molar-refractivity contribution in [3.05, 3.63) is 35.9 Å². The standard InChI is InChI=1S/C20H31F2N3O/c1-24(2)19(26)12-15-25-13-10-17(11-14-25)23-18(20(21)22)9-8-16-6-4-3-5-7-16/h3-7,17-18,20,23H,8-15H2,1-2H3/t18-/m0/s1. The number of rotatable bonds is 9. The molecular formula is C20H31F2N3O. The predicted octanol–water partition coefficient (Wildman–Crippen LogP) is 2.79. The average Bonchev–Trinajstić information content (AvgIpc) is 2.64. The van der Waals surface area contributed by atoms with Gasteiger partial charge in [0.25, 0.3) is 6.43 Å². The van der Waals surface area contributed by atoms with E-state index in [1.807, 2.05) is 30.3 Å². The fourth-order valence-electron chi connectivity index (χ4n) is 3.35. The van der Waals surface area contributed by atoms with Gasteiger partial charge in [0.2, 0.25) is 5.91 Å². The third kappa shape index (κ3) is 7.00. The Morgan fingerprint density at radius 3 is 2.46 bits per heavy atom. The summed E-state index contributed by atoms with van der Waals surface area (Å²) in [5, 5.41) is 3.18. The summed E-state index contributed by atoms with van der Waals surface area (Å²) < 4.78 is 26.8. The highest BCUT2D eigenvalue weighted by Crippen LogP contribution is 2.16. The molecule has 1 aromatic carbocycles. The Hall–Kier alpha value is -1.53. The molecule has 0 spiro atoms. The van der Waals surface area contributed by atoms with Crippen molar-refractivity contribution in [1.82, 2.24) is 15.1 Å². The average molecular weight is 367 g/mol. The number of nitrogens with one attached hydrogen (secondary N) is 1. The number of nitrogens with zero attached hydrogens (tertiary/aromatic N) is 2.